The number of carbonyl (C=O) groups excluding carboxylic acids is 2. The van der Waals surface area contributed by atoms with Gasteiger partial charge in [-0.2, -0.15) is 0 Å². The normalized spacial score (nSPS) is 13.5. The van der Waals surface area contributed by atoms with E-state index >= 15 is 0 Å². The quantitative estimate of drug-likeness (QED) is 0.0281. The molecule has 0 aliphatic heterocycles. The van der Waals surface area contributed by atoms with Gasteiger partial charge in [0.1, 0.15) is 6.61 Å². The predicted molar refractivity (Wildman–Crippen MR) is 266 cm³/mol. The number of rotatable bonds is 45. The summed E-state index contributed by atoms with van der Waals surface area (Å²) in [6.07, 6.45) is 58.1. The minimum absolute atomic E-state index is 0.0411. The Morgan fingerprint density at radius 2 is 0.841 bits per heavy atom. The fourth-order valence-electron chi connectivity index (χ4n) is 7.10. The van der Waals surface area contributed by atoms with E-state index in [9.17, 15) is 19.5 Å². The van der Waals surface area contributed by atoms with Gasteiger partial charge in [0.25, 0.3) is 0 Å². The van der Waals surface area contributed by atoms with Gasteiger partial charge in [0.15, 0.2) is 12.1 Å². The third kappa shape index (κ3) is 43.8. The van der Waals surface area contributed by atoms with E-state index in [4.69, 9.17) is 14.2 Å². The smallest absolute Gasteiger partial charge is 0.362 e. The van der Waals surface area contributed by atoms with Crippen molar-refractivity contribution in [1.82, 2.24) is 0 Å². The van der Waals surface area contributed by atoms with Crippen molar-refractivity contribution in [1.29, 1.82) is 0 Å². The topological polar surface area (TPSA) is 99.1 Å². The summed E-state index contributed by atoms with van der Waals surface area (Å²) in [6, 6.07) is -0.626. The van der Waals surface area contributed by atoms with Gasteiger partial charge in [-0.15, -0.1) is 0 Å². The fourth-order valence-corrected chi connectivity index (χ4v) is 7.10. The minimum atomic E-state index is -0.884. The Morgan fingerprint density at radius 3 is 1.32 bits per heavy atom. The van der Waals surface area contributed by atoms with Gasteiger partial charge in [0.2, 0.25) is 0 Å². The van der Waals surface area contributed by atoms with Crippen LogP contribution in [0.1, 0.15) is 206 Å². The highest BCUT2D eigenvalue weighted by atomic mass is 16.6. The van der Waals surface area contributed by atoms with Gasteiger partial charge in [-0.05, 0) is 89.9 Å². The van der Waals surface area contributed by atoms with Crippen LogP contribution < -0.4 is 0 Å². The first-order chi connectivity index (χ1) is 30.6. The van der Waals surface area contributed by atoms with Crippen molar-refractivity contribution < 1.29 is 38.2 Å². The molecule has 0 aliphatic rings. The van der Waals surface area contributed by atoms with Crippen molar-refractivity contribution in [3.63, 3.8) is 0 Å². The summed E-state index contributed by atoms with van der Waals surface area (Å²) >= 11 is 0. The van der Waals surface area contributed by atoms with Crippen molar-refractivity contribution in [3.8, 4) is 0 Å². The van der Waals surface area contributed by atoms with E-state index in [0.717, 1.165) is 70.6 Å². The molecule has 0 saturated heterocycles. The number of unbranched alkanes of at least 4 members (excludes halogenated alkanes) is 19. The molecular formula is C55H96NO7+. The van der Waals surface area contributed by atoms with Gasteiger partial charge >= 0.3 is 17.9 Å². The number of carboxylic acid groups (broad SMARTS) is 1. The lowest BCUT2D eigenvalue weighted by Crippen LogP contribution is -2.50. The largest absolute Gasteiger partial charge is 0.477 e. The number of hydrogen-bond donors (Lipinski definition) is 1. The number of esters is 2. The Balaban J connectivity index is 4.37. The summed E-state index contributed by atoms with van der Waals surface area (Å²) in [5, 5.41) is 9.65. The number of hydrogen-bond acceptors (Lipinski definition) is 6. The van der Waals surface area contributed by atoms with E-state index in [1.807, 2.05) is 21.1 Å². The maximum atomic E-state index is 12.8. The van der Waals surface area contributed by atoms with E-state index in [-0.39, 0.29) is 36.2 Å². The number of quaternary nitrogens is 1. The van der Waals surface area contributed by atoms with E-state index in [0.29, 0.717) is 25.7 Å². The van der Waals surface area contributed by atoms with Crippen LogP contribution in [0.2, 0.25) is 0 Å². The number of ether oxygens (including phenoxy) is 3. The van der Waals surface area contributed by atoms with Gasteiger partial charge in [-0.1, -0.05) is 170 Å². The molecule has 0 saturated carbocycles. The Hall–Kier alpha value is -3.23. The SMILES string of the molecule is CCCCC/C=C/C/C=C/C/C=C/C/C=C/C/C=C/CCCCC(=O)OCC(COCCC(C(=O)O)[N+](C)(C)C)OC(=O)CCCCCCC/C=C/CCCCCCCCCCC. The van der Waals surface area contributed by atoms with Crippen molar-refractivity contribution in [2.45, 2.75) is 219 Å². The first kappa shape index (κ1) is 59.8. The summed E-state index contributed by atoms with van der Waals surface area (Å²) in [5.41, 5.74) is 0. The molecular weight excluding hydrogens is 787 g/mol. The monoisotopic (exact) mass is 883 g/mol. The highest BCUT2D eigenvalue weighted by Crippen LogP contribution is 2.14. The van der Waals surface area contributed by atoms with Crippen molar-refractivity contribution in [2.24, 2.45) is 0 Å². The molecule has 0 spiro atoms. The molecule has 63 heavy (non-hydrogen) atoms. The van der Waals surface area contributed by atoms with E-state index in [2.05, 4.69) is 86.8 Å². The third-order valence-corrected chi connectivity index (χ3v) is 11.1. The molecule has 0 bridgehead atoms. The molecule has 2 unspecified atom stereocenters. The third-order valence-electron chi connectivity index (χ3n) is 11.1. The van der Waals surface area contributed by atoms with Gasteiger partial charge in [0, 0.05) is 19.3 Å². The van der Waals surface area contributed by atoms with Gasteiger partial charge in [0.05, 0.1) is 34.4 Å². The lowest BCUT2D eigenvalue weighted by atomic mass is 10.1. The molecule has 0 aromatic heterocycles. The van der Waals surface area contributed by atoms with E-state index < -0.39 is 18.1 Å². The van der Waals surface area contributed by atoms with Crippen molar-refractivity contribution in [2.75, 3.05) is 41.0 Å². The molecule has 0 amide bonds. The van der Waals surface area contributed by atoms with Crippen LogP contribution in [0.5, 0.6) is 0 Å². The molecule has 0 aromatic carbocycles. The Labute approximate surface area is 387 Å². The molecule has 8 nitrogen and oxygen atoms in total. The Morgan fingerprint density at radius 1 is 0.476 bits per heavy atom. The Bertz CT molecular complexity index is 1260. The summed E-state index contributed by atoms with van der Waals surface area (Å²) in [5.74, 6) is -1.53. The second-order valence-corrected chi connectivity index (χ2v) is 18.1. The lowest BCUT2D eigenvalue weighted by molar-refractivity contribution is -0.887. The molecule has 8 heteroatoms. The summed E-state index contributed by atoms with van der Waals surface area (Å²) < 4.78 is 17.3. The van der Waals surface area contributed by atoms with Crippen molar-refractivity contribution >= 4 is 17.9 Å². The van der Waals surface area contributed by atoms with Crippen LogP contribution in [0, 0.1) is 0 Å². The molecule has 0 radical (unpaired) electrons. The predicted octanol–water partition coefficient (Wildman–Crippen LogP) is 14.7. The fraction of sp³-hybridized carbons (Fsp3) is 0.727. The van der Waals surface area contributed by atoms with E-state index in [1.165, 1.54) is 96.3 Å². The van der Waals surface area contributed by atoms with Crippen LogP contribution in [0.15, 0.2) is 72.9 Å². The molecule has 362 valence electrons. The van der Waals surface area contributed by atoms with Crippen LogP contribution in [0.3, 0.4) is 0 Å². The highest BCUT2D eigenvalue weighted by Gasteiger charge is 2.31. The molecule has 0 heterocycles. The minimum Gasteiger partial charge on any atom is -0.477 e. The first-order valence-electron chi connectivity index (χ1n) is 25.5. The average molecular weight is 883 g/mol. The zero-order valence-electron chi connectivity index (χ0n) is 41.3. The molecule has 0 aliphatic carbocycles. The first-order valence-corrected chi connectivity index (χ1v) is 25.5. The van der Waals surface area contributed by atoms with Crippen LogP contribution in [0.4, 0.5) is 0 Å². The second-order valence-electron chi connectivity index (χ2n) is 18.1. The standard InChI is InChI=1S/C55H95NO7/c1-6-8-10-12-14-16-18-20-22-24-26-27-28-30-31-33-35-37-39-41-43-45-53(57)62-50-51(49-61-48-47-52(55(59)60)56(3,4)5)63-54(58)46-44-42-40-38-36-34-32-29-25-23-21-19-17-15-13-11-9-7-2/h14,16,20,22,26-27,29-32,35,37,51-52H,6-13,15,17-19,21,23-25,28,33-34,36,38-50H2,1-5H3/p+1/b16-14+,22-20+,27-26+,31-30+,32-29+,37-35+. The molecule has 0 aromatic rings. The van der Waals surface area contributed by atoms with Crippen LogP contribution in [0.25, 0.3) is 0 Å². The van der Waals surface area contributed by atoms with Crippen molar-refractivity contribution in [3.05, 3.63) is 72.9 Å². The number of allylic oxidation sites excluding steroid dienone is 12. The second kappa shape index (κ2) is 45.3. The lowest BCUT2D eigenvalue weighted by Gasteiger charge is -2.31. The average Bonchev–Trinajstić information content (AvgIpc) is 3.24. The molecule has 0 rings (SSSR count). The summed E-state index contributed by atoms with van der Waals surface area (Å²) in [6.45, 7) is 4.66. The summed E-state index contributed by atoms with van der Waals surface area (Å²) in [4.78, 5) is 37.1. The van der Waals surface area contributed by atoms with Crippen LogP contribution >= 0.6 is 0 Å². The number of carboxylic acids is 1. The van der Waals surface area contributed by atoms with Gasteiger partial charge in [-0.3, -0.25) is 9.59 Å². The molecule has 1 N–H and O–H groups in total. The number of nitrogens with zero attached hydrogens (tertiary/aromatic N) is 1. The number of likely N-dealkylation sites (N-methyl/N-ethyl adjacent to an activating group) is 1. The van der Waals surface area contributed by atoms with Crippen LogP contribution in [-0.4, -0.2) is 80.6 Å². The van der Waals surface area contributed by atoms with Crippen LogP contribution in [-0.2, 0) is 28.6 Å². The number of carbonyl (C=O) groups is 3. The van der Waals surface area contributed by atoms with Gasteiger partial charge < -0.3 is 23.8 Å². The Kier molecular flexibility index (Phi) is 43.0. The number of aliphatic carboxylic acids is 1. The highest BCUT2D eigenvalue weighted by molar-refractivity contribution is 5.72. The summed E-state index contributed by atoms with van der Waals surface area (Å²) in [7, 11) is 5.51. The van der Waals surface area contributed by atoms with E-state index in [1.54, 1.807) is 0 Å². The zero-order valence-corrected chi connectivity index (χ0v) is 41.3. The zero-order chi connectivity index (χ0) is 46.3. The molecule has 2 atom stereocenters. The maximum Gasteiger partial charge on any atom is 0.362 e. The van der Waals surface area contributed by atoms with Gasteiger partial charge in [-0.25, -0.2) is 4.79 Å². The maximum absolute atomic E-state index is 12.8. The molecule has 0 fully saturated rings.